The lowest BCUT2D eigenvalue weighted by Crippen LogP contribution is -2.45. The number of ether oxygens (including phenoxy) is 3. The molecule has 41 heavy (non-hydrogen) atoms. The predicted octanol–water partition coefficient (Wildman–Crippen LogP) is 6.73. The van der Waals surface area contributed by atoms with E-state index in [1.165, 1.54) is 0 Å². The molecule has 0 bridgehead atoms. The van der Waals surface area contributed by atoms with E-state index in [1.54, 1.807) is 0 Å². The largest absolute Gasteiger partial charge is 0.369 e. The molecule has 0 aliphatic carbocycles. The number of benzene rings is 4. The molecule has 1 aromatic heterocycles. The fourth-order valence-electron chi connectivity index (χ4n) is 4.98. The molecule has 4 aromatic carbocycles. The normalized spacial score (nSPS) is 17.8. The first-order valence-electron chi connectivity index (χ1n) is 13.9. The lowest BCUT2D eigenvalue weighted by Gasteiger charge is -2.38. The number of imidazole rings is 1. The van der Waals surface area contributed by atoms with Crippen LogP contribution in [0.15, 0.2) is 128 Å². The summed E-state index contributed by atoms with van der Waals surface area (Å²) in [6.45, 7) is 1.95. The Bertz CT molecular complexity index is 1580. The van der Waals surface area contributed by atoms with Crippen LogP contribution in [0.2, 0.25) is 0 Å². The fourth-order valence-corrected chi connectivity index (χ4v) is 4.98. The fraction of sp³-hybridized carbons (Fsp3) is 0.194. The molecule has 0 saturated carbocycles. The van der Waals surface area contributed by atoms with Crippen molar-refractivity contribution < 1.29 is 14.2 Å². The summed E-state index contributed by atoms with van der Waals surface area (Å²) < 4.78 is 21.9. The Morgan fingerprint density at radius 1 is 0.610 bits per heavy atom. The summed E-state index contributed by atoms with van der Waals surface area (Å²) in [6.07, 6.45) is 0.931. The molecule has 0 spiro atoms. The smallest absolute Gasteiger partial charge is 0.144 e. The zero-order valence-electron chi connectivity index (χ0n) is 22.8. The van der Waals surface area contributed by atoms with Crippen LogP contribution in [0.25, 0.3) is 0 Å². The van der Waals surface area contributed by atoms with E-state index in [0.717, 1.165) is 28.1 Å². The van der Waals surface area contributed by atoms with Crippen molar-refractivity contribution in [3.63, 3.8) is 0 Å². The van der Waals surface area contributed by atoms with E-state index < -0.39 is 6.10 Å². The van der Waals surface area contributed by atoms with Gasteiger partial charge in [-0.05, 0) is 34.7 Å². The van der Waals surface area contributed by atoms with Crippen LogP contribution in [0.1, 0.15) is 39.9 Å². The van der Waals surface area contributed by atoms with Gasteiger partial charge in [0.2, 0.25) is 0 Å². The van der Waals surface area contributed by atoms with Crippen molar-refractivity contribution >= 4 is 0 Å². The number of hydrogen-bond donors (Lipinski definition) is 0. The van der Waals surface area contributed by atoms with Crippen molar-refractivity contribution in [2.24, 2.45) is 0 Å². The van der Waals surface area contributed by atoms with E-state index in [-0.39, 0.29) is 12.2 Å². The first-order valence-corrected chi connectivity index (χ1v) is 13.9. The second-order valence-electron chi connectivity index (χ2n) is 10.1. The van der Waals surface area contributed by atoms with E-state index in [4.69, 9.17) is 19.2 Å². The van der Waals surface area contributed by atoms with Gasteiger partial charge in [0, 0.05) is 11.8 Å². The summed E-state index contributed by atoms with van der Waals surface area (Å²) >= 11 is 0. The van der Waals surface area contributed by atoms with Crippen LogP contribution in [0.4, 0.5) is 0 Å². The molecule has 0 unspecified atom stereocenters. The molecular weight excluding hydrogens is 508 g/mol. The Morgan fingerprint density at radius 3 is 1.71 bits per heavy atom. The average molecular weight is 541 g/mol. The molecule has 0 amide bonds. The van der Waals surface area contributed by atoms with Gasteiger partial charge in [-0.25, -0.2) is 4.98 Å². The first-order chi connectivity index (χ1) is 20.3. The summed E-state index contributed by atoms with van der Waals surface area (Å²) in [5, 5.41) is 0. The molecule has 3 atom stereocenters. The second kappa shape index (κ2) is 13.3. The van der Waals surface area contributed by atoms with E-state index in [9.17, 15) is 0 Å². The number of rotatable bonds is 9. The maximum atomic E-state index is 6.63. The zero-order valence-corrected chi connectivity index (χ0v) is 22.8. The van der Waals surface area contributed by atoms with Crippen molar-refractivity contribution in [2.45, 2.75) is 44.7 Å². The summed E-state index contributed by atoms with van der Waals surface area (Å²) in [6, 6.07) is 40.5. The topological polar surface area (TPSA) is 45.5 Å². The van der Waals surface area contributed by atoms with Gasteiger partial charge in [-0.2, -0.15) is 0 Å². The van der Waals surface area contributed by atoms with Gasteiger partial charge < -0.3 is 18.8 Å². The van der Waals surface area contributed by atoms with E-state index in [1.807, 2.05) is 91.1 Å². The molecule has 5 aromatic rings. The Kier molecular flexibility index (Phi) is 8.64. The second-order valence-corrected chi connectivity index (χ2v) is 10.1. The van der Waals surface area contributed by atoms with Crippen molar-refractivity contribution in [1.82, 2.24) is 9.55 Å². The summed E-state index contributed by atoms with van der Waals surface area (Å²) in [5.74, 6) is 7.27. The summed E-state index contributed by atoms with van der Waals surface area (Å²) in [5.41, 5.74) is 4.94. The van der Waals surface area contributed by atoms with E-state index in [0.29, 0.717) is 32.1 Å². The van der Waals surface area contributed by atoms with Crippen molar-refractivity contribution in [2.75, 3.05) is 0 Å². The molecule has 5 heteroatoms. The van der Waals surface area contributed by atoms with Gasteiger partial charge in [-0.3, -0.25) is 0 Å². The van der Waals surface area contributed by atoms with Crippen LogP contribution in [0, 0.1) is 11.8 Å². The van der Waals surface area contributed by atoms with Gasteiger partial charge in [0.05, 0.1) is 26.4 Å². The minimum atomic E-state index is -0.444. The standard InChI is InChI=1S/C36H32N2O3/c1-5-13-28(14-6-1)21-22-32-23-38-24-33(39-25-29-15-7-2-8-16-29)34(40-26-30-17-9-3-10-18-30)35(36(38)37-32)41-27-31-19-11-4-12-20-31/h1-20,23,33-35H,24-27H2/t33-,34+,35-/m1/s1. The number of hydrogen-bond acceptors (Lipinski definition) is 4. The SMILES string of the molecule is C(#Cc1cn2c(n1)[C@H](OCc1ccccc1)[C@@H](OCc1ccccc1)[C@H](OCc1ccccc1)C2)c1ccccc1. The summed E-state index contributed by atoms with van der Waals surface area (Å²) in [7, 11) is 0. The third-order valence-corrected chi connectivity index (χ3v) is 7.08. The Morgan fingerprint density at radius 2 is 1.12 bits per heavy atom. The van der Waals surface area contributed by atoms with Crippen LogP contribution in [-0.4, -0.2) is 21.8 Å². The lowest BCUT2D eigenvalue weighted by atomic mass is 10.0. The highest BCUT2D eigenvalue weighted by Gasteiger charge is 2.41. The quantitative estimate of drug-likeness (QED) is 0.195. The van der Waals surface area contributed by atoms with Crippen molar-refractivity contribution in [3.8, 4) is 11.8 Å². The maximum Gasteiger partial charge on any atom is 0.144 e. The molecule has 0 fully saturated rings. The molecule has 2 heterocycles. The van der Waals surface area contributed by atoms with E-state index in [2.05, 4.69) is 52.8 Å². The molecule has 1 aliphatic rings. The predicted molar refractivity (Wildman–Crippen MR) is 159 cm³/mol. The van der Waals surface area contributed by atoms with Gasteiger partial charge >= 0.3 is 0 Å². The highest BCUT2D eigenvalue weighted by molar-refractivity contribution is 5.40. The minimum Gasteiger partial charge on any atom is -0.369 e. The molecule has 0 saturated heterocycles. The van der Waals surface area contributed by atoms with E-state index >= 15 is 0 Å². The van der Waals surface area contributed by atoms with Gasteiger partial charge in [0.15, 0.2) is 0 Å². The van der Waals surface area contributed by atoms with Gasteiger partial charge in [0.1, 0.15) is 29.8 Å². The Labute approximate surface area is 241 Å². The van der Waals surface area contributed by atoms with Crippen LogP contribution >= 0.6 is 0 Å². The van der Waals surface area contributed by atoms with Crippen LogP contribution in [0.3, 0.4) is 0 Å². The number of aromatic nitrogens is 2. The van der Waals surface area contributed by atoms with Crippen LogP contribution < -0.4 is 0 Å². The monoisotopic (exact) mass is 540 g/mol. The third-order valence-electron chi connectivity index (χ3n) is 7.08. The molecular formula is C36H32N2O3. The number of fused-ring (bicyclic) bond motifs is 1. The maximum absolute atomic E-state index is 6.63. The van der Waals surface area contributed by atoms with Crippen LogP contribution in [-0.2, 0) is 40.6 Å². The Balaban J connectivity index is 1.32. The average Bonchev–Trinajstić information content (AvgIpc) is 3.45. The minimum absolute atomic E-state index is 0.253. The van der Waals surface area contributed by atoms with Crippen molar-refractivity contribution in [3.05, 3.63) is 161 Å². The Hall–Kier alpha value is -4.47. The molecule has 0 N–H and O–H groups in total. The first kappa shape index (κ1) is 26.7. The van der Waals surface area contributed by atoms with Crippen LogP contribution in [0.5, 0.6) is 0 Å². The zero-order chi connectivity index (χ0) is 27.7. The molecule has 5 nitrogen and oxygen atoms in total. The lowest BCUT2D eigenvalue weighted by molar-refractivity contribution is -0.171. The molecule has 6 rings (SSSR count). The van der Waals surface area contributed by atoms with Gasteiger partial charge in [-0.15, -0.1) is 0 Å². The van der Waals surface area contributed by atoms with Crippen molar-refractivity contribution in [1.29, 1.82) is 0 Å². The molecule has 0 radical (unpaired) electrons. The van der Waals surface area contributed by atoms with Gasteiger partial charge in [-0.1, -0.05) is 115 Å². The molecule has 1 aliphatic heterocycles. The highest BCUT2D eigenvalue weighted by atomic mass is 16.6. The third kappa shape index (κ3) is 7.00. The molecule has 204 valence electrons. The number of nitrogens with zero attached hydrogens (tertiary/aromatic N) is 2. The van der Waals surface area contributed by atoms with Gasteiger partial charge in [0.25, 0.3) is 0 Å². The highest BCUT2D eigenvalue weighted by Crippen LogP contribution is 2.34. The summed E-state index contributed by atoms with van der Waals surface area (Å²) in [4.78, 5) is 4.95.